The van der Waals surface area contributed by atoms with Gasteiger partial charge in [-0.1, -0.05) is 6.92 Å². The zero-order valence-corrected chi connectivity index (χ0v) is 27.6. The molecule has 3 N–H and O–H groups in total. The van der Waals surface area contributed by atoms with Gasteiger partial charge in [-0.3, -0.25) is 9.11 Å². The smallest absolute Gasteiger partial charge is 0.446 e. The fraction of sp³-hybridized carbons (Fsp3) is 0.969. The van der Waals surface area contributed by atoms with Crippen molar-refractivity contribution in [3.8, 4) is 0 Å². The minimum atomic E-state index is -5.58. The number of nitrogens with one attached hydrogen (secondary N) is 2. The highest BCUT2D eigenvalue weighted by Gasteiger charge is 2.59. The van der Waals surface area contributed by atoms with Crippen molar-refractivity contribution in [3.63, 3.8) is 0 Å². The number of amides is 1. The molecule has 0 radical (unpaired) electrons. The lowest BCUT2D eigenvalue weighted by atomic mass is 9.47. The lowest BCUT2D eigenvalue weighted by molar-refractivity contribution is -0.284. The van der Waals surface area contributed by atoms with Crippen LogP contribution < -0.4 is 10.9 Å². The van der Waals surface area contributed by atoms with Crippen molar-refractivity contribution in [1.29, 1.82) is 0 Å². The van der Waals surface area contributed by atoms with E-state index in [1.54, 1.807) is 4.90 Å². The summed E-state index contributed by atoms with van der Waals surface area (Å²) in [5.41, 5.74) is 6.23. The second-order valence-electron chi connectivity index (χ2n) is 15.3. The van der Waals surface area contributed by atoms with Gasteiger partial charge in [0.1, 0.15) is 6.10 Å². The Kier molecular flexibility index (Phi) is 10.3. The highest BCUT2D eigenvalue weighted by Crippen LogP contribution is 2.64. The van der Waals surface area contributed by atoms with E-state index in [1.165, 1.54) is 0 Å². The van der Waals surface area contributed by atoms with Crippen LogP contribution in [0.4, 0.5) is 26.7 Å². The molecule has 8 nitrogen and oxygen atoms in total. The molecule has 4 saturated carbocycles. The Morgan fingerprint density at radius 3 is 2.59 bits per heavy atom. The molecule has 2 saturated heterocycles. The molecule has 0 aromatic carbocycles. The van der Waals surface area contributed by atoms with E-state index in [1.807, 2.05) is 0 Å². The number of nitrogens with zero attached hydrogens (tertiary/aromatic N) is 2. The quantitative estimate of drug-likeness (QED) is 0.287. The van der Waals surface area contributed by atoms with E-state index in [-0.39, 0.29) is 35.6 Å². The number of rotatable bonds is 9. The normalized spacial score (nSPS) is 40.5. The van der Waals surface area contributed by atoms with Gasteiger partial charge >= 0.3 is 18.2 Å². The van der Waals surface area contributed by atoms with E-state index >= 15 is 0 Å². The highest BCUT2D eigenvalue weighted by molar-refractivity contribution is 7.84. The van der Waals surface area contributed by atoms with E-state index in [0.717, 1.165) is 71.0 Å². The Morgan fingerprint density at radius 2 is 1.80 bits per heavy atom. The third-order valence-electron chi connectivity index (χ3n) is 12.8. The summed E-state index contributed by atoms with van der Waals surface area (Å²) in [6.07, 6.45) is 1.16. The van der Waals surface area contributed by atoms with Gasteiger partial charge in [0.15, 0.2) is 0 Å². The Hall–Kier alpha value is -1.09. The Bertz CT molecular complexity index is 1120. The molecule has 14 heteroatoms. The number of hydrazine groups is 1. The van der Waals surface area contributed by atoms with Crippen LogP contribution in [0.25, 0.3) is 0 Å². The summed E-state index contributed by atoms with van der Waals surface area (Å²) >= 11 is 0. The SMILES string of the molecule is C[C@]12CC[C@@H]3C4CCC(OC(=O)N5CCN6CNNC6C5)CC4C[C@@H](CCCS(=O)CCCC(F)(F)C(F)(F)F)[C@H]3[C@@H]1CC[C@@H]2O. The Labute approximate surface area is 271 Å². The molecule has 6 rings (SSSR count). The van der Waals surface area contributed by atoms with Crippen molar-refractivity contribution < 1.29 is 40.8 Å². The number of hydrogen-bond acceptors (Lipinski definition) is 7. The van der Waals surface area contributed by atoms with Crippen LogP contribution in [0.5, 0.6) is 0 Å². The van der Waals surface area contributed by atoms with Crippen LogP contribution in [0.15, 0.2) is 0 Å². The van der Waals surface area contributed by atoms with Crippen molar-refractivity contribution in [2.75, 3.05) is 37.8 Å². The van der Waals surface area contributed by atoms with Crippen LogP contribution in [0.3, 0.4) is 0 Å². The van der Waals surface area contributed by atoms with Crippen LogP contribution >= 0.6 is 0 Å². The molecule has 6 fully saturated rings. The first kappa shape index (κ1) is 34.8. The third-order valence-corrected chi connectivity index (χ3v) is 14.3. The number of aliphatic hydroxyl groups is 1. The molecule has 5 unspecified atom stereocenters. The van der Waals surface area contributed by atoms with Gasteiger partial charge in [-0.15, -0.1) is 0 Å². The lowest BCUT2D eigenvalue weighted by Crippen LogP contribution is -2.56. The average molecular weight is 683 g/mol. The molecule has 1 amide bonds. The number of aliphatic hydroxyl groups excluding tert-OH is 1. The van der Waals surface area contributed by atoms with E-state index < -0.39 is 35.7 Å². The highest BCUT2D eigenvalue weighted by atomic mass is 32.2. The van der Waals surface area contributed by atoms with Crippen LogP contribution in [-0.4, -0.2) is 93.5 Å². The zero-order valence-electron chi connectivity index (χ0n) is 26.8. The minimum absolute atomic E-state index is 0.0920. The van der Waals surface area contributed by atoms with Crippen molar-refractivity contribution in [1.82, 2.24) is 20.7 Å². The zero-order chi connectivity index (χ0) is 32.9. The molecule has 0 spiro atoms. The molecule has 11 atom stereocenters. The second kappa shape index (κ2) is 13.7. The Balaban J connectivity index is 1.06. The van der Waals surface area contributed by atoms with E-state index in [2.05, 4.69) is 22.7 Å². The molecule has 0 bridgehead atoms. The van der Waals surface area contributed by atoms with E-state index in [0.29, 0.717) is 60.8 Å². The number of ether oxygens (including phenoxy) is 1. The molecule has 6 aliphatic rings. The van der Waals surface area contributed by atoms with Crippen molar-refractivity contribution in [2.24, 2.45) is 40.9 Å². The molecule has 0 aromatic rings. The van der Waals surface area contributed by atoms with Gasteiger partial charge < -0.3 is 14.7 Å². The molecule has 2 aliphatic heterocycles. The fourth-order valence-corrected chi connectivity index (χ4v) is 11.6. The summed E-state index contributed by atoms with van der Waals surface area (Å²) in [6.45, 7) is 5.02. The maximum absolute atomic E-state index is 13.3. The summed E-state index contributed by atoms with van der Waals surface area (Å²) in [6, 6.07) is 0. The van der Waals surface area contributed by atoms with E-state index in [4.69, 9.17) is 4.74 Å². The molecule has 46 heavy (non-hydrogen) atoms. The van der Waals surface area contributed by atoms with Gasteiger partial charge in [-0.2, -0.15) is 22.0 Å². The molecule has 0 aromatic heterocycles. The van der Waals surface area contributed by atoms with Crippen LogP contribution in [0.2, 0.25) is 0 Å². The number of carbonyl (C=O) groups is 1. The molecule has 2 heterocycles. The predicted molar refractivity (Wildman–Crippen MR) is 163 cm³/mol. The largest absolute Gasteiger partial charge is 0.453 e. The Morgan fingerprint density at radius 1 is 1.02 bits per heavy atom. The summed E-state index contributed by atoms with van der Waals surface area (Å²) in [5.74, 6) is -1.87. The molecular formula is C32H51F5N4O4S. The number of piperazine rings is 1. The van der Waals surface area contributed by atoms with Crippen LogP contribution in [-0.2, 0) is 15.5 Å². The lowest BCUT2D eigenvalue weighted by Gasteiger charge is -2.58. The molecule has 264 valence electrons. The predicted octanol–water partition coefficient (Wildman–Crippen LogP) is 5.25. The number of carbonyl (C=O) groups excluding carboxylic acids is 1. The van der Waals surface area contributed by atoms with Crippen molar-refractivity contribution in [3.05, 3.63) is 0 Å². The second-order valence-corrected chi connectivity index (χ2v) is 17.0. The van der Waals surface area contributed by atoms with Crippen molar-refractivity contribution in [2.45, 2.75) is 114 Å². The minimum Gasteiger partial charge on any atom is -0.446 e. The first-order chi connectivity index (χ1) is 21.8. The van der Waals surface area contributed by atoms with Gasteiger partial charge in [0.25, 0.3) is 0 Å². The fourth-order valence-electron chi connectivity index (χ4n) is 10.4. The standard InChI is InChI=1S/C32H51F5N4O4S/c1-30-11-9-24-23-6-5-22(45-29(43)40-12-13-41-19-38-39-27(41)18-40)17-21(23)16-20(28(24)25(30)7-8-26(30)42)4-2-14-46(44)15-3-10-31(33,34)32(35,36)37/h20-28,38-39,42H,2-19H2,1H3/t20-,21?,22?,23?,24-,25+,26+,27?,28-,30+,46?/m1/s1. The maximum atomic E-state index is 13.3. The molecule has 4 aliphatic carbocycles. The number of fused-ring (bicyclic) bond motifs is 6. The van der Waals surface area contributed by atoms with Crippen LogP contribution in [0, 0.1) is 40.9 Å². The van der Waals surface area contributed by atoms with Crippen LogP contribution in [0.1, 0.15) is 84.0 Å². The van der Waals surface area contributed by atoms with Gasteiger partial charge in [0.05, 0.1) is 25.5 Å². The monoisotopic (exact) mass is 682 g/mol. The molecular weight excluding hydrogens is 631 g/mol. The maximum Gasteiger partial charge on any atom is 0.453 e. The van der Waals surface area contributed by atoms with E-state index in [9.17, 15) is 36.1 Å². The summed E-state index contributed by atoms with van der Waals surface area (Å²) in [4.78, 5) is 17.2. The van der Waals surface area contributed by atoms with Gasteiger partial charge in [-0.05, 0) is 112 Å². The van der Waals surface area contributed by atoms with Gasteiger partial charge in [-0.25, -0.2) is 15.6 Å². The number of alkyl halides is 5. The topological polar surface area (TPSA) is 94.1 Å². The summed E-state index contributed by atoms with van der Waals surface area (Å²) < 4.78 is 82.9. The third kappa shape index (κ3) is 6.98. The van der Waals surface area contributed by atoms with Gasteiger partial charge in [0, 0.05) is 41.8 Å². The van der Waals surface area contributed by atoms with Gasteiger partial charge in [0.2, 0.25) is 0 Å². The average Bonchev–Trinajstić information content (AvgIpc) is 3.59. The first-order valence-corrected chi connectivity index (χ1v) is 18.9. The summed E-state index contributed by atoms with van der Waals surface area (Å²) in [5, 5.41) is 11.0. The number of hydrogen-bond donors (Lipinski definition) is 3. The van der Waals surface area contributed by atoms with Crippen molar-refractivity contribution >= 4 is 16.9 Å². The number of halogens is 5. The summed E-state index contributed by atoms with van der Waals surface area (Å²) in [7, 11) is -1.45. The first-order valence-electron chi connectivity index (χ1n) is 17.4.